The van der Waals surface area contributed by atoms with Crippen molar-refractivity contribution in [2.75, 3.05) is 6.61 Å². The van der Waals surface area contributed by atoms with Crippen LogP contribution in [0.5, 0.6) is 0 Å². The number of aliphatic hydroxyl groups excluding tert-OH is 1. The third-order valence-electron chi connectivity index (χ3n) is 5.22. The third kappa shape index (κ3) is 3.41. The molecule has 0 saturated heterocycles. The van der Waals surface area contributed by atoms with Crippen LogP contribution in [0.15, 0.2) is 70.6 Å². The molecule has 142 valence electrons. The SMILES string of the molecule is CCC1=NCc2ccc(-c3ccn([C@H](CO)c4cccc(Cl)c4)c(=O)c3)cc21. The molecule has 0 aliphatic carbocycles. The van der Waals surface area contributed by atoms with E-state index < -0.39 is 6.04 Å². The van der Waals surface area contributed by atoms with Crippen LogP contribution in [0.2, 0.25) is 5.02 Å². The Hall–Kier alpha value is -2.69. The van der Waals surface area contributed by atoms with Crippen molar-refractivity contribution in [3.05, 3.63) is 92.9 Å². The van der Waals surface area contributed by atoms with Crippen LogP contribution in [0.25, 0.3) is 11.1 Å². The van der Waals surface area contributed by atoms with Crippen molar-refractivity contribution in [1.29, 1.82) is 0 Å². The first-order valence-electron chi connectivity index (χ1n) is 9.36. The van der Waals surface area contributed by atoms with E-state index in [2.05, 4.69) is 24.0 Å². The zero-order valence-corrected chi connectivity index (χ0v) is 16.4. The Morgan fingerprint density at radius 2 is 1.96 bits per heavy atom. The fourth-order valence-electron chi connectivity index (χ4n) is 3.73. The molecule has 0 spiro atoms. The van der Waals surface area contributed by atoms with Gasteiger partial charge in [0.1, 0.15) is 0 Å². The van der Waals surface area contributed by atoms with Crippen LogP contribution in [-0.2, 0) is 6.54 Å². The van der Waals surface area contributed by atoms with E-state index in [0.717, 1.165) is 35.4 Å². The average molecular weight is 393 g/mol. The maximum Gasteiger partial charge on any atom is 0.251 e. The Bertz CT molecular complexity index is 1120. The van der Waals surface area contributed by atoms with Gasteiger partial charge < -0.3 is 9.67 Å². The highest BCUT2D eigenvalue weighted by atomic mass is 35.5. The molecule has 0 amide bonds. The van der Waals surface area contributed by atoms with Crippen molar-refractivity contribution in [2.45, 2.75) is 25.9 Å². The second kappa shape index (κ2) is 7.74. The monoisotopic (exact) mass is 392 g/mol. The molecule has 4 rings (SSSR count). The summed E-state index contributed by atoms with van der Waals surface area (Å²) in [5.41, 5.74) is 6.01. The molecule has 0 unspecified atom stereocenters. The van der Waals surface area contributed by atoms with Gasteiger partial charge in [0, 0.05) is 28.6 Å². The van der Waals surface area contributed by atoms with Crippen LogP contribution in [0.3, 0.4) is 0 Å². The van der Waals surface area contributed by atoms with E-state index in [-0.39, 0.29) is 12.2 Å². The number of aliphatic hydroxyl groups is 1. The Balaban J connectivity index is 1.71. The molecule has 0 fully saturated rings. The van der Waals surface area contributed by atoms with E-state index >= 15 is 0 Å². The maximum absolute atomic E-state index is 12.8. The van der Waals surface area contributed by atoms with E-state index in [9.17, 15) is 9.90 Å². The molecule has 5 heteroatoms. The van der Waals surface area contributed by atoms with Gasteiger partial charge >= 0.3 is 0 Å². The number of hydrogen-bond acceptors (Lipinski definition) is 3. The number of aromatic nitrogens is 1. The maximum atomic E-state index is 12.8. The Labute approximate surface area is 168 Å². The quantitative estimate of drug-likeness (QED) is 0.696. The molecule has 1 atom stereocenters. The molecule has 2 aromatic carbocycles. The summed E-state index contributed by atoms with van der Waals surface area (Å²) in [5, 5.41) is 10.5. The van der Waals surface area contributed by atoms with Crippen LogP contribution in [0.4, 0.5) is 0 Å². The topological polar surface area (TPSA) is 54.6 Å². The summed E-state index contributed by atoms with van der Waals surface area (Å²) in [6.07, 6.45) is 2.64. The van der Waals surface area contributed by atoms with E-state index in [4.69, 9.17) is 11.6 Å². The molecule has 4 nitrogen and oxygen atoms in total. The normalized spacial score (nSPS) is 13.9. The predicted molar refractivity (Wildman–Crippen MR) is 113 cm³/mol. The molecule has 1 aromatic heterocycles. The van der Waals surface area contributed by atoms with Crippen LogP contribution < -0.4 is 5.56 Å². The number of pyridine rings is 1. The molecule has 0 bridgehead atoms. The smallest absolute Gasteiger partial charge is 0.251 e. The van der Waals surface area contributed by atoms with Crippen LogP contribution in [0, 0.1) is 0 Å². The highest BCUT2D eigenvalue weighted by Crippen LogP contribution is 2.27. The van der Waals surface area contributed by atoms with E-state index in [1.165, 1.54) is 11.1 Å². The predicted octanol–water partition coefficient (Wildman–Crippen LogP) is 4.46. The summed E-state index contributed by atoms with van der Waals surface area (Å²) < 4.78 is 1.54. The zero-order valence-electron chi connectivity index (χ0n) is 15.6. The lowest BCUT2D eigenvalue weighted by atomic mass is 9.97. The van der Waals surface area contributed by atoms with Gasteiger partial charge in [0.15, 0.2) is 0 Å². The highest BCUT2D eigenvalue weighted by molar-refractivity contribution is 6.30. The number of rotatable bonds is 5. The number of aliphatic imine (C=N–C) groups is 1. The van der Waals surface area contributed by atoms with Crippen molar-refractivity contribution in [3.8, 4) is 11.1 Å². The lowest BCUT2D eigenvalue weighted by Gasteiger charge is -2.19. The van der Waals surface area contributed by atoms with Crippen LogP contribution >= 0.6 is 11.6 Å². The summed E-state index contributed by atoms with van der Waals surface area (Å²) >= 11 is 6.07. The molecule has 28 heavy (non-hydrogen) atoms. The molecule has 2 heterocycles. The van der Waals surface area contributed by atoms with Gasteiger partial charge in [-0.25, -0.2) is 0 Å². The van der Waals surface area contributed by atoms with Gasteiger partial charge in [0.2, 0.25) is 0 Å². The summed E-state index contributed by atoms with van der Waals surface area (Å²) in [4.78, 5) is 17.4. The number of fused-ring (bicyclic) bond motifs is 1. The molecule has 1 aliphatic heterocycles. The van der Waals surface area contributed by atoms with Gasteiger partial charge in [0.05, 0.1) is 19.2 Å². The number of hydrogen-bond donors (Lipinski definition) is 1. The fraction of sp³-hybridized carbons (Fsp3) is 0.217. The Kier molecular flexibility index (Phi) is 5.16. The molecule has 3 aromatic rings. The van der Waals surface area contributed by atoms with Gasteiger partial charge in [-0.1, -0.05) is 42.8 Å². The first-order valence-corrected chi connectivity index (χ1v) is 9.74. The molecule has 0 radical (unpaired) electrons. The lowest BCUT2D eigenvalue weighted by Crippen LogP contribution is -2.26. The summed E-state index contributed by atoms with van der Waals surface area (Å²) in [6.45, 7) is 2.65. The molecular weight excluding hydrogens is 372 g/mol. The van der Waals surface area contributed by atoms with Gasteiger partial charge in [-0.05, 0) is 52.9 Å². The number of benzene rings is 2. The Morgan fingerprint density at radius 3 is 2.68 bits per heavy atom. The average Bonchev–Trinajstić information content (AvgIpc) is 3.12. The second-order valence-corrected chi connectivity index (χ2v) is 7.34. The van der Waals surface area contributed by atoms with Gasteiger partial charge in [-0.3, -0.25) is 9.79 Å². The van der Waals surface area contributed by atoms with Crippen molar-refractivity contribution in [2.24, 2.45) is 4.99 Å². The van der Waals surface area contributed by atoms with Crippen molar-refractivity contribution < 1.29 is 5.11 Å². The number of halogens is 1. The van der Waals surface area contributed by atoms with Crippen molar-refractivity contribution >= 4 is 17.3 Å². The fourth-order valence-corrected chi connectivity index (χ4v) is 3.92. The minimum atomic E-state index is -0.473. The molecule has 1 aliphatic rings. The van der Waals surface area contributed by atoms with Crippen molar-refractivity contribution in [3.63, 3.8) is 0 Å². The van der Waals surface area contributed by atoms with Crippen LogP contribution in [0.1, 0.15) is 36.1 Å². The zero-order chi connectivity index (χ0) is 19.7. The minimum Gasteiger partial charge on any atom is -0.394 e. The summed E-state index contributed by atoms with van der Waals surface area (Å²) in [7, 11) is 0. The van der Waals surface area contributed by atoms with Gasteiger partial charge in [-0.15, -0.1) is 0 Å². The second-order valence-electron chi connectivity index (χ2n) is 6.90. The summed E-state index contributed by atoms with van der Waals surface area (Å²) in [5.74, 6) is 0. The Morgan fingerprint density at radius 1 is 1.14 bits per heavy atom. The lowest BCUT2D eigenvalue weighted by molar-refractivity contribution is 0.247. The highest BCUT2D eigenvalue weighted by Gasteiger charge is 2.17. The van der Waals surface area contributed by atoms with Gasteiger partial charge in [-0.2, -0.15) is 0 Å². The van der Waals surface area contributed by atoms with E-state index in [0.29, 0.717) is 5.02 Å². The largest absolute Gasteiger partial charge is 0.394 e. The molecule has 0 saturated carbocycles. The van der Waals surface area contributed by atoms with Crippen molar-refractivity contribution in [1.82, 2.24) is 4.57 Å². The minimum absolute atomic E-state index is 0.165. The first kappa shape index (κ1) is 18.7. The van der Waals surface area contributed by atoms with Gasteiger partial charge in [0.25, 0.3) is 5.56 Å². The summed E-state index contributed by atoms with van der Waals surface area (Å²) in [6, 6.07) is 16.5. The molecular formula is C23H21ClN2O2. The van der Waals surface area contributed by atoms with E-state index in [1.807, 2.05) is 24.3 Å². The van der Waals surface area contributed by atoms with Crippen LogP contribution in [-0.4, -0.2) is 22.0 Å². The first-order chi connectivity index (χ1) is 13.6. The third-order valence-corrected chi connectivity index (χ3v) is 5.45. The standard InChI is InChI=1S/C23H21ClN2O2/c1-2-21-20-11-15(6-7-18(20)13-25-21)16-8-9-26(23(28)12-16)22(14-27)17-4-3-5-19(24)10-17/h3-12,22,27H,2,13-14H2,1H3/t22-/m1/s1. The number of nitrogens with zero attached hydrogens (tertiary/aromatic N) is 2. The van der Waals surface area contributed by atoms with E-state index in [1.54, 1.807) is 29.0 Å². The molecule has 1 N–H and O–H groups in total.